The summed E-state index contributed by atoms with van der Waals surface area (Å²) in [6.45, 7) is 9.97. The van der Waals surface area contributed by atoms with Gasteiger partial charge in [-0.3, -0.25) is 4.79 Å². The lowest BCUT2D eigenvalue weighted by Crippen LogP contribution is -2.26. The second kappa shape index (κ2) is 6.77. The van der Waals surface area contributed by atoms with E-state index < -0.39 is 0 Å². The first-order valence-corrected chi connectivity index (χ1v) is 7.84. The number of imidazole rings is 1. The molecule has 0 radical (unpaired) electrons. The lowest BCUT2D eigenvalue weighted by molar-refractivity contribution is -0.118. The first-order chi connectivity index (χ1) is 10.5. The van der Waals surface area contributed by atoms with Crippen LogP contribution in [-0.2, 0) is 4.79 Å². The summed E-state index contributed by atoms with van der Waals surface area (Å²) in [6.07, 6.45) is 5.49. The van der Waals surface area contributed by atoms with Crippen molar-refractivity contribution < 1.29 is 4.79 Å². The Morgan fingerprint density at radius 3 is 2.55 bits per heavy atom. The minimum atomic E-state index is -0.312. The lowest BCUT2D eigenvalue weighted by atomic mass is 10.2. The molecule has 120 valence electrons. The van der Waals surface area contributed by atoms with Crippen molar-refractivity contribution >= 4 is 11.7 Å². The van der Waals surface area contributed by atoms with E-state index in [-0.39, 0.29) is 11.9 Å². The summed E-state index contributed by atoms with van der Waals surface area (Å²) >= 11 is 0. The van der Waals surface area contributed by atoms with Gasteiger partial charge in [-0.1, -0.05) is 13.8 Å². The van der Waals surface area contributed by atoms with Crippen molar-refractivity contribution in [3.8, 4) is 0 Å². The molecule has 1 N–H and O–H groups in total. The topological polar surface area (TPSA) is 64.7 Å². The quantitative estimate of drug-likeness (QED) is 0.891. The van der Waals surface area contributed by atoms with Crippen LogP contribution in [0.1, 0.15) is 57.2 Å². The summed E-state index contributed by atoms with van der Waals surface area (Å²) in [6, 6.07) is 1.91. The van der Waals surface area contributed by atoms with E-state index in [2.05, 4.69) is 29.2 Å². The zero-order valence-electron chi connectivity index (χ0n) is 14.0. The van der Waals surface area contributed by atoms with Crippen LogP contribution in [-0.4, -0.2) is 25.2 Å². The van der Waals surface area contributed by atoms with E-state index in [9.17, 15) is 4.79 Å². The van der Waals surface area contributed by atoms with E-state index in [1.807, 2.05) is 42.3 Å². The standard InChI is InChI=1S/C16H25N5O/c1-6-14(7-2)21-15(10-11(3)19-21)18-16(22)12(4)20-9-8-17-13(20)5/h8-10,12,14H,6-7H2,1-5H3,(H,18,22). The smallest absolute Gasteiger partial charge is 0.248 e. The minimum absolute atomic E-state index is 0.0618. The highest BCUT2D eigenvalue weighted by atomic mass is 16.2. The Bertz CT molecular complexity index is 639. The molecule has 6 nitrogen and oxygen atoms in total. The number of carbonyl (C=O) groups is 1. The predicted octanol–water partition coefficient (Wildman–Crippen LogP) is 3.26. The Hall–Kier alpha value is -2.11. The fraction of sp³-hybridized carbons (Fsp3) is 0.562. The van der Waals surface area contributed by atoms with Crippen molar-refractivity contribution in [1.29, 1.82) is 0 Å². The van der Waals surface area contributed by atoms with Crippen LogP contribution in [0.5, 0.6) is 0 Å². The Morgan fingerprint density at radius 2 is 2.00 bits per heavy atom. The third kappa shape index (κ3) is 3.21. The molecule has 0 spiro atoms. The molecular weight excluding hydrogens is 278 g/mol. The van der Waals surface area contributed by atoms with E-state index >= 15 is 0 Å². The molecular formula is C16H25N5O. The predicted molar refractivity (Wildman–Crippen MR) is 86.9 cm³/mol. The maximum atomic E-state index is 12.5. The van der Waals surface area contributed by atoms with Crippen LogP contribution < -0.4 is 5.32 Å². The summed E-state index contributed by atoms with van der Waals surface area (Å²) in [7, 11) is 0. The first-order valence-electron chi connectivity index (χ1n) is 7.84. The second-order valence-electron chi connectivity index (χ2n) is 5.63. The number of nitrogens with one attached hydrogen (secondary N) is 1. The van der Waals surface area contributed by atoms with Crippen LogP contribution >= 0.6 is 0 Å². The Balaban J connectivity index is 2.20. The maximum absolute atomic E-state index is 12.5. The van der Waals surface area contributed by atoms with E-state index in [1.165, 1.54) is 0 Å². The summed E-state index contributed by atoms with van der Waals surface area (Å²) in [5, 5.41) is 7.54. The van der Waals surface area contributed by atoms with Gasteiger partial charge in [-0.05, 0) is 33.6 Å². The van der Waals surface area contributed by atoms with Crippen molar-refractivity contribution in [3.63, 3.8) is 0 Å². The highest BCUT2D eigenvalue weighted by Crippen LogP contribution is 2.23. The van der Waals surface area contributed by atoms with Gasteiger partial charge < -0.3 is 9.88 Å². The molecule has 1 unspecified atom stereocenters. The number of carbonyl (C=O) groups excluding carboxylic acids is 1. The molecule has 2 aromatic rings. The first kappa shape index (κ1) is 16.3. The zero-order valence-corrected chi connectivity index (χ0v) is 14.0. The third-order valence-corrected chi connectivity index (χ3v) is 4.06. The van der Waals surface area contributed by atoms with Crippen LogP contribution in [0.15, 0.2) is 18.5 Å². The summed E-state index contributed by atoms with van der Waals surface area (Å²) < 4.78 is 3.79. The molecule has 6 heteroatoms. The zero-order chi connectivity index (χ0) is 16.3. The monoisotopic (exact) mass is 303 g/mol. The van der Waals surface area contributed by atoms with Gasteiger partial charge in [-0.15, -0.1) is 0 Å². The number of hydrogen-bond donors (Lipinski definition) is 1. The van der Waals surface area contributed by atoms with Crippen molar-refractivity contribution in [2.75, 3.05) is 5.32 Å². The third-order valence-electron chi connectivity index (χ3n) is 4.06. The number of anilines is 1. The highest BCUT2D eigenvalue weighted by molar-refractivity contribution is 5.92. The van der Waals surface area contributed by atoms with Crippen LogP contribution in [0, 0.1) is 13.8 Å². The van der Waals surface area contributed by atoms with E-state index in [0.717, 1.165) is 30.2 Å². The van der Waals surface area contributed by atoms with Gasteiger partial charge in [-0.25, -0.2) is 9.67 Å². The SMILES string of the molecule is CCC(CC)n1nc(C)cc1NC(=O)C(C)n1ccnc1C. The average Bonchev–Trinajstić information content (AvgIpc) is 3.06. The van der Waals surface area contributed by atoms with Gasteiger partial charge in [-0.2, -0.15) is 5.10 Å². The fourth-order valence-electron chi connectivity index (χ4n) is 2.68. The van der Waals surface area contributed by atoms with Crippen molar-refractivity contribution in [2.45, 2.75) is 59.5 Å². The summed E-state index contributed by atoms with van der Waals surface area (Å²) in [4.78, 5) is 16.7. The van der Waals surface area contributed by atoms with E-state index in [1.54, 1.807) is 6.20 Å². The molecule has 0 fully saturated rings. The van der Waals surface area contributed by atoms with Crippen LogP contribution in [0.4, 0.5) is 5.82 Å². The average molecular weight is 303 g/mol. The molecule has 0 saturated heterocycles. The van der Waals surface area contributed by atoms with Gasteiger partial charge in [0, 0.05) is 18.5 Å². The number of aromatic nitrogens is 4. The number of nitrogens with zero attached hydrogens (tertiary/aromatic N) is 4. The Labute approximate surface area is 131 Å². The number of aryl methyl sites for hydroxylation is 2. The van der Waals surface area contributed by atoms with Crippen molar-refractivity contribution in [3.05, 3.63) is 30.0 Å². The highest BCUT2D eigenvalue weighted by Gasteiger charge is 2.20. The molecule has 0 bridgehead atoms. The normalized spacial score (nSPS) is 12.6. The van der Waals surface area contributed by atoms with Crippen LogP contribution in [0.3, 0.4) is 0 Å². The lowest BCUT2D eigenvalue weighted by Gasteiger charge is -2.19. The van der Waals surface area contributed by atoms with E-state index in [0.29, 0.717) is 6.04 Å². The molecule has 22 heavy (non-hydrogen) atoms. The molecule has 2 aromatic heterocycles. The number of hydrogen-bond acceptors (Lipinski definition) is 3. The van der Waals surface area contributed by atoms with Gasteiger partial charge in [0.2, 0.25) is 5.91 Å². The van der Waals surface area contributed by atoms with Crippen molar-refractivity contribution in [1.82, 2.24) is 19.3 Å². The molecule has 0 aliphatic rings. The minimum Gasteiger partial charge on any atom is -0.323 e. The van der Waals surface area contributed by atoms with Crippen LogP contribution in [0.25, 0.3) is 0 Å². The number of amides is 1. The summed E-state index contributed by atoms with van der Waals surface area (Å²) in [5.74, 6) is 1.53. The van der Waals surface area contributed by atoms with Crippen LogP contribution in [0.2, 0.25) is 0 Å². The number of rotatable bonds is 6. The Kier molecular flexibility index (Phi) is 5.00. The van der Waals surface area contributed by atoms with Gasteiger partial charge in [0.05, 0.1) is 11.7 Å². The fourth-order valence-corrected chi connectivity index (χ4v) is 2.68. The van der Waals surface area contributed by atoms with Gasteiger partial charge in [0.1, 0.15) is 17.7 Å². The molecule has 2 rings (SSSR count). The molecule has 0 aliphatic carbocycles. The van der Waals surface area contributed by atoms with E-state index in [4.69, 9.17) is 0 Å². The molecule has 0 aliphatic heterocycles. The Morgan fingerprint density at radius 1 is 1.32 bits per heavy atom. The molecule has 1 atom stereocenters. The molecule has 2 heterocycles. The van der Waals surface area contributed by atoms with Gasteiger partial charge >= 0.3 is 0 Å². The van der Waals surface area contributed by atoms with Gasteiger partial charge in [0.15, 0.2) is 0 Å². The maximum Gasteiger partial charge on any atom is 0.248 e. The molecule has 0 aromatic carbocycles. The molecule has 0 saturated carbocycles. The second-order valence-corrected chi connectivity index (χ2v) is 5.63. The largest absolute Gasteiger partial charge is 0.323 e. The molecule has 1 amide bonds. The summed E-state index contributed by atoms with van der Waals surface area (Å²) in [5.41, 5.74) is 0.911. The van der Waals surface area contributed by atoms with Gasteiger partial charge in [0.25, 0.3) is 0 Å². The van der Waals surface area contributed by atoms with Crippen molar-refractivity contribution in [2.24, 2.45) is 0 Å².